The van der Waals surface area contributed by atoms with Gasteiger partial charge in [-0.2, -0.15) is 0 Å². The quantitative estimate of drug-likeness (QED) is 0.431. The summed E-state index contributed by atoms with van der Waals surface area (Å²) in [5.41, 5.74) is 1.53. The maximum Gasteiger partial charge on any atom is 0.243 e. The lowest BCUT2D eigenvalue weighted by atomic mass is 10.1. The average Bonchev–Trinajstić information content (AvgIpc) is 2.74. The van der Waals surface area contributed by atoms with Crippen LogP contribution in [0.15, 0.2) is 42.5 Å². The number of amides is 2. The Kier molecular flexibility index (Phi) is 10.1. The summed E-state index contributed by atoms with van der Waals surface area (Å²) in [6.07, 6.45) is 1.98. The summed E-state index contributed by atoms with van der Waals surface area (Å²) in [5.74, 6) is -0.326. The SMILES string of the molecule is CC[C@@H](C)NC(=O)[C@H](CC)N(Cc1c(Cl)cccc1Cl)C(=O)CCc1ccccc1Cl. The van der Waals surface area contributed by atoms with Gasteiger partial charge in [0.15, 0.2) is 0 Å². The van der Waals surface area contributed by atoms with Crippen molar-refractivity contribution in [2.45, 2.75) is 65.1 Å². The van der Waals surface area contributed by atoms with Gasteiger partial charge >= 0.3 is 0 Å². The standard InChI is InChI=1S/C24H29Cl3N2O2/c1-4-16(3)28-24(31)22(5-2)29(15-18-20(26)11-8-12-21(18)27)23(30)14-13-17-9-6-7-10-19(17)25/h6-12,16,22H,4-5,13-15H2,1-3H3,(H,28,31)/t16-,22+/m1/s1. The third-order valence-corrected chi connectivity index (χ3v) is 6.42. The molecule has 2 aromatic carbocycles. The molecule has 0 spiro atoms. The van der Waals surface area contributed by atoms with E-state index in [-0.39, 0.29) is 30.8 Å². The van der Waals surface area contributed by atoms with Crippen LogP contribution in [0.5, 0.6) is 0 Å². The molecule has 0 saturated carbocycles. The van der Waals surface area contributed by atoms with Crippen molar-refractivity contribution >= 4 is 46.6 Å². The smallest absolute Gasteiger partial charge is 0.243 e. The van der Waals surface area contributed by atoms with Gasteiger partial charge < -0.3 is 10.2 Å². The topological polar surface area (TPSA) is 49.4 Å². The number of nitrogens with zero attached hydrogens (tertiary/aromatic N) is 1. The van der Waals surface area contributed by atoms with Crippen LogP contribution in [-0.4, -0.2) is 28.8 Å². The normalized spacial score (nSPS) is 12.8. The minimum Gasteiger partial charge on any atom is -0.352 e. The van der Waals surface area contributed by atoms with Crippen molar-refractivity contribution in [2.24, 2.45) is 0 Å². The molecule has 2 rings (SSSR count). The Labute approximate surface area is 199 Å². The number of halogens is 3. The molecule has 0 bridgehead atoms. The largest absolute Gasteiger partial charge is 0.352 e. The number of rotatable bonds is 10. The number of benzene rings is 2. The summed E-state index contributed by atoms with van der Waals surface area (Å²) < 4.78 is 0. The van der Waals surface area contributed by atoms with Gasteiger partial charge in [-0.3, -0.25) is 9.59 Å². The lowest BCUT2D eigenvalue weighted by Crippen LogP contribution is -2.50. The van der Waals surface area contributed by atoms with E-state index in [0.717, 1.165) is 12.0 Å². The molecule has 0 heterocycles. The number of hydrogen-bond donors (Lipinski definition) is 1. The zero-order valence-corrected chi connectivity index (χ0v) is 20.4. The minimum absolute atomic E-state index is 0.0190. The fourth-order valence-electron chi connectivity index (χ4n) is 3.30. The van der Waals surface area contributed by atoms with E-state index in [1.165, 1.54) is 0 Å². The molecule has 31 heavy (non-hydrogen) atoms. The highest BCUT2D eigenvalue weighted by Gasteiger charge is 2.30. The van der Waals surface area contributed by atoms with Gasteiger partial charge in [0.2, 0.25) is 11.8 Å². The van der Waals surface area contributed by atoms with E-state index in [1.54, 1.807) is 29.2 Å². The molecule has 0 aliphatic rings. The van der Waals surface area contributed by atoms with E-state index in [0.29, 0.717) is 33.5 Å². The van der Waals surface area contributed by atoms with Gasteiger partial charge in [0.25, 0.3) is 0 Å². The molecule has 2 amide bonds. The van der Waals surface area contributed by atoms with E-state index < -0.39 is 6.04 Å². The molecule has 0 aromatic heterocycles. The summed E-state index contributed by atoms with van der Waals surface area (Å²) in [5, 5.41) is 4.55. The van der Waals surface area contributed by atoms with E-state index in [4.69, 9.17) is 34.8 Å². The second-order valence-corrected chi connectivity index (χ2v) is 8.78. The van der Waals surface area contributed by atoms with E-state index >= 15 is 0 Å². The average molecular weight is 484 g/mol. The monoisotopic (exact) mass is 482 g/mol. The van der Waals surface area contributed by atoms with Crippen molar-refractivity contribution in [3.05, 3.63) is 68.7 Å². The summed E-state index contributed by atoms with van der Waals surface area (Å²) in [4.78, 5) is 27.9. The minimum atomic E-state index is -0.625. The molecule has 0 fully saturated rings. The first-order valence-corrected chi connectivity index (χ1v) is 11.7. The van der Waals surface area contributed by atoms with Gasteiger partial charge in [-0.05, 0) is 49.9 Å². The van der Waals surface area contributed by atoms with Crippen LogP contribution in [0.3, 0.4) is 0 Å². The fraction of sp³-hybridized carbons (Fsp3) is 0.417. The van der Waals surface area contributed by atoms with Crippen molar-refractivity contribution in [1.82, 2.24) is 10.2 Å². The van der Waals surface area contributed by atoms with Crippen molar-refractivity contribution in [3.63, 3.8) is 0 Å². The summed E-state index contributed by atoms with van der Waals surface area (Å²) in [6.45, 7) is 6.00. The molecule has 0 aliphatic heterocycles. The highest BCUT2D eigenvalue weighted by Crippen LogP contribution is 2.27. The lowest BCUT2D eigenvalue weighted by Gasteiger charge is -2.32. The van der Waals surface area contributed by atoms with Crippen molar-refractivity contribution in [3.8, 4) is 0 Å². The first kappa shape index (κ1) is 25.5. The second kappa shape index (κ2) is 12.3. The predicted octanol–water partition coefficient (Wildman–Crippen LogP) is 6.30. The molecule has 2 atom stereocenters. The zero-order chi connectivity index (χ0) is 23.0. The van der Waals surface area contributed by atoms with E-state index in [9.17, 15) is 9.59 Å². The van der Waals surface area contributed by atoms with Crippen LogP contribution < -0.4 is 5.32 Å². The molecule has 4 nitrogen and oxygen atoms in total. The van der Waals surface area contributed by atoms with Crippen molar-refractivity contribution in [2.75, 3.05) is 0 Å². The first-order chi connectivity index (χ1) is 14.8. The predicted molar refractivity (Wildman–Crippen MR) is 129 cm³/mol. The van der Waals surface area contributed by atoms with Gasteiger partial charge in [0, 0.05) is 39.6 Å². The molecular weight excluding hydrogens is 455 g/mol. The number of hydrogen-bond acceptors (Lipinski definition) is 2. The highest BCUT2D eigenvalue weighted by atomic mass is 35.5. The van der Waals surface area contributed by atoms with Crippen LogP contribution >= 0.6 is 34.8 Å². The van der Waals surface area contributed by atoms with Gasteiger partial charge in [-0.25, -0.2) is 0 Å². The number of carbonyl (C=O) groups excluding carboxylic acids is 2. The van der Waals surface area contributed by atoms with Crippen LogP contribution in [-0.2, 0) is 22.6 Å². The van der Waals surface area contributed by atoms with Crippen LogP contribution in [0.25, 0.3) is 0 Å². The Morgan fingerprint density at radius 1 is 0.935 bits per heavy atom. The summed E-state index contributed by atoms with van der Waals surface area (Å²) in [6, 6.07) is 12.1. The fourth-order valence-corrected chi connectivity index (χ4v) is 4.05. The molecule has 0 radical (unpaired) electrons. The van der Waals surface area contributed by atoms with Crippen LogP contribution in [0.1, 0.15) is 51.2 Å². The molecular formula is C24H29Cl3N2O2. The Balaban J connectivity index is 2.30. The van der Waals surface area contributed by atoms with Crippen molar-refractivity contribution < 1.29 is 9.59 Å². The second-order valence-electron chi connectivity index (χ2n) is 7.56. The Morgan fingerprint density at radius 2 is 1.55 bits per heavy atom. The van der Waals surface area contributed by atoms with Crippen LogP contribution in [0.2, 0.25) is 15.1 Å². The Bertz CT molecular complexity index is 884. The molecule has 1 N–H and O–H groups in total. The zero-order valence-electron chi connectivity index (χ0n) is 18.1. The molecule has 0 unspecified atom stereocenters. The Hall–Kier alpha value is -1.75. The maximum atomic E-state index is 13.3. The Morgan fingerprint density at radius 3 is 2.13 bits per heavy atom. The van der Waals surface area contributed by atoms with Gasteiger partial charge in [-0.15, -0.1) is 0 Å². The first-order valence-electron chi connectivity index (χ1n) is 10.5. The van der Waals surface area contributed by atoms with Crippen LogP contribution in [0, 0.1) is 0 Å². The number of carbonyl (C=O) groups is 2. The summed E-state index contributed by atoms with van der Waals surface area (Å²) >= 11 is 19.0. The molecule has 7 heteroatoms. The van der Waals surface area contributed by atoms with Gasteiger partial charge in [-0.1, -0.05) is 72.9 Å². The number of aryl methyl sites for hydroxylation is 1. The third-order valence-electron chi connectivity index (χ3n) is 5.34. The van der Waals surface area contributed by atoms with E-state index in [1.807, 2.05) is 39.0 Å². The lowest BCUT2D eigenvalue weighted by molar-refractivity contribution is -0.141. The van der Waals surface area contributed by atoms with Gasteiger partial charge in [0.05, 0.1) is 0 Å². The summed E-state index contributed by atoms with van der Waals surface area (Å²) in [7, 11) is 0. The molecule has 2 aromatic rings. The van der Waals surface area contributed by atoms with E-state index in [2.05, 4.69) is 5.32 Å². The van der Waals surface area contributed by atoms with Gasteiger partial charge in [0.1, 0.15) is 6.04 Å². The number of nitrogens with one attached hydrogen (secondary N) is 1. The molecule has 0 saturated heterocycles. The van der Waals surface area contributed by atoms with Crippen molar-refractivity contribution in [1.29, 1.82) is 0 Å². The molecule has 168 valence electrons. The third kappa shape index (κ3) is 7.13. The van der Waals surface area contributed by atoms with Crippen LogP contribution in [0.4, 0.5) is 0 Å². The highest BCUT2D eigenvalue weighted by molar-refractivity contribution is 6.36. The molecule has 0 aliphatic carbocycles. The maximum absolute atomic E-state index is 13.3.